The average Bonchev–Trinajstić information content (AvgIpc) is 2.56. The second kappa shape index (κ2) is 3.61. The van der Waals surface area contributed by atoms with Gasteiger partial charge >= 0.3 is 6.03 Å². The van der Waals surface area contributed by atoms with Gasteiger partial charge in [-0.1, -0.05) is 22.0 Å². The van der Waals surface area contributed by atoms with Gasteiger partial charge in [-0.05, 0) is 24.6 Å². The molecule has 2 rings (SSSR count). The van der Waals surface area contributed by atoms with Crippen LogP contribution >= 0.6 is 15.9 Å². The molecule has 1 aromatic carbocycles. The number of hydrogen-bond acceptors (Lipinski definition) is 1. The van der Waals surface area contributed by atoms with E-state index in [1.165, 1.54) is 0 Å². The van der Waals surface area contributed by atoms with Crippen molar-refractivity contribution in [3.63, 3.8) is 0 Å². The number of urea groups is 1. The molecule has 1 aliphatic heterocycles. The Morgan fingerprint density at radius 3 is 2.93 bits per heavy atom. The molecular weight excluding hydrogens is 244 g/mol. The number of anilines is 1. The Morgan fingerprint density at radius 1 is 1.50 bits per heavy atom. The molecule has 1 N–H and O–H groups in total. The molecule has 1 saturated heterocycles. The first-order valence-electron chi connectivity index (χ1n) is 4.50. The van der Waals surface area contributed by atoms with Gasteiger partial charge in [0, 0.05) is 23.2 Å². The van der Waals surface area contributed by atoms with Crippen LogP contribution in [0.5, 0.6) is 0 Å². The zero-order valence-electron chi connectivity index (χ0n) is 7.88. The molecule has 0 saturated carbocycles. The van der Waals surface area contributed by atoms with Crippen LogP contribution in [0.15, 0.2) is 22.7 Å². The van der Waals surface area contributed by atoms with E-state index < -0.39 is 0 Å². The van der Waals surface area contributed by atoms with Crippen molar-refractivity contribution in [2.45, 2.75) is 6.92 Å². The van der Waals surface area contributed by atoms with Gasteiger partial charge in [0.05, 0.1) is 0 Å². The maximum atomic E-state index is 11.4. The Balaban J connectivity index is 2.39. The molecule has 0 aliphatic carbocycles. The number of carbonyl (C=O) groups excluding carboxylic acids is 1. The van der Waals surface area contributed by atoms with Crippen molar-refractivity contribution in [3.8, 4) is 0 Å². The second-order valence-corrected chi connectivity index (χ2v) is 4.23. The Hall–Kier alpha value is -1.03. The van der Waals surface area contributed by atoms with Crippen LogP contribution in [0.3, 0.4) is 0 Å². The van der Waals surface area contributed by atoms with Gasteiger partial charge in [-0.25, -0.2) is 4.79 Å². The minimum atomic E-state index is -0.00815. The Bertz CT molecular complexity index is 378. The molecule has 14 heavy (non-hydrogen) atoms. The molecule has 1 heterocycles. The Morgan fingerprint density at radius 2 is 2.29 bits per heavy atom. The quantitative estimate of drug-likeness (QED) is 0.820. The molecule has 1 aliphatic rings. The first-order chi connectivity index (χ1) is 6.68. The molecule has 0 radical (unpaired) electrons. The van der Waals surface area contributed by atoms with Crippen molar-refractivity contribution in [1.82, 2.24) is 5.32 Å². The molecule has 2 amide bonds. The molecule has 4 heteroatoms. The van der Waals surface area contributed by atoms with Gasteiger partial charge in [-0.3, -0.25) is 4.90 Å². The number of halogens is 1. The van der Waals surface area contributed by atoms with Crippen molar-refractivity contribution in [2.24, 2.45) is 0 Å². The van der Waals surface area contributed by atoms with Crippen LogP contribution in [0, 0.1) is 6.92 Å². The van der Waals surface area contributed by atoms with Crippen molar-refractivity contribution in [1.29, 1.82) is 0 Å². The predicted molar refractivity (Wildman–Crippen MR) is 59.6 cm³/mol. The number of aryl methyl sites for hydroxylation is 1. The summed E-state index contributed by atoms with van der Waals surface area (Å²) in [6, 6.07) is 5.95. The lowest BCUT2D eigenvalue weighted by molar-refractivity contribution is 0.252. The average molecular weight is 255 g/mol. The van der Waals surface area contributed by atoms with Gasteiger partial charge in [0.2, 0.25) is 0 Å². The summed E-state index contributed by atoms with van der Waals surface area (Å²) >= 11 is 3.40. The van der Waals surface area contributed by atoms with E-state index in [-0.39, 0.29) is 6.03 Å². The first-order valence-corrected chi connectivity index (χ1v) is 5.29. The minimum absolute atomic E-state index is 0.00815. The molecule has 3 nitrogen and oxygen atoms in total. The van der Waals surface area contributed by atoms with E-state index >= 15 is 0 Å². The molecule has 1 fully saturated rings. The third-order valence-electron chi connectivity index (χ3n) is 2.32. The number of hydrogen-bond donors (Lipinski definition) is 1. The number of nitrogens with one attached hydrogen (secondary N) is 1. The summed E-state index contributed by atoms with van der Waals surface area (Å²) in [6.45, 7) is 3.48. The van der Waals surface area contributed by atoms with Gasteiger partial charge < -0.3 is 5.32 Å². The van der Waals surface area contributed by atoms with E-state index in [4.69, 9.17) is 0 Å². The maximum Gasteiger partial charge on any atom is 0.322 e. The van der Waals surface area contributed by atoms with Crippen LogP contribution in [-0.2, 0) is 0 Å². The van der Waals surface area contributed by atoms with Crippen molar-refractivity contribution < 1.29 is 4.79 Å². The molecule has 0 aromatic heterocycles. The molecule has 1 aromatic rings. The zero-order valence-corrected chi connectivity index (χ0v) is 9.47. The topological polar surface area (TPSA) is 32.3 Å². The number of carbonyl (C=O) groups is 1. The van der Waals surface area contributed by atoms with E-state index in [0.29, 0.717) is 0 Å². The summed E-state index contributed by atoms with van der Waals surface area (Å²) < 4.78 is 0.998. The van der Waals surface area contributed by atoms with Crippen molar-refractivity contribution in [2.75, 3.05) is 18.0 Å². The van der Waals surface area contributed by atoms with Gasteiger partial charge in [0.15, 0.2) is 0 Å². The van der Waals surface area contributed by atoms with E-state index in [1.807, 2.05) is 25.1 Å². The Kier molecular flexibility index (Phi) is 2.46. The summed E-state index contributed by atoms with van der Waals surface area (Å²) in [5, 5.41) is 2.79. The lowest BCUT2D eigenvalue weighted by atomic mass is 10.2. The van der Waals surface area contributed by atoms with Crippen molar-refractivity contribution in [3.05, 3.63) is 28.2 Å². The van der Waals surface area contributed by atoms with Crippen LogP contribution < -0.4 is 10.2 Å². The highest BCUT2D eigenvalue weighted by Gasteiger charge is 2.22. The van der Waals surface area contributed by atoms with E-state index in [0.717, 1.165) is 28.8 Å². The fraction of sp³-hybridized carbons (Fsp3) is 0.300. The third kappa shape index (κ3) is 1.62. The summed E-state index contributed by atoms with van der Waals surface area (Å²) in [5.41, 5.74) is 2.10. The Labute approximate surface area is 91.2 Å². The SMILES string of the molecule is Cc1ccc(Br)cc1N1CCNC1=O. The van der Waals surface area contributed by atoms with Crippen LogP contribution in [0.4, 0.5) is 10.5 Å². The molecule has 0 atom stereocenters. The summed E-state index contributed by atoms with van der Waals surface area (Å²) in [5.74, 6) is 0. The van der Waals surface area contributed by atoms with Gasteiger partial charge in [0.25, 0.3) is 0 Å². The van der Waals surface area contributed by atoms with E-state index in [1.54, 1.807) is 4.90 Å². The highest BCUT2D eigenvalue weighted by molar-refractivity contribution is 9.10. The van der Waals surface area contributed by atoms with Crippen LogP contribution in [0.2, 0.25) is 0 Å². The second-order valence-electron chi connectivity index (χ2n) is 3.31. The van der Waals surface area contributed by atoms with E-state index in [2.05, 4.69) is 21.2 Å². The summed E-state index contributed by atoms with van der Waals surface area (Å²) in [6.07, 6.45) is 0. The lowest BCUT2D eigenvalue weighted by Crippen LogP contribution is -2.28. The first kappa shape index (κ1) is 9.52. The van der Waals surface area contributed by atoms with Crippen LogP contribution in [0.1, 0.15) is 5.56 Å². The van der Waals surface area contributed by atoms with Crippen molar-refractivity contribution >= 4 is 27.6 Å². The smallest absolute Gasteiger partial charge is 0.322 e. The van der Waals surface area contributed by atoms with Gasteiger partial charge in [-0.2, -0.15) is 0 Å². The molecule has 0 unspecified atom stereocenters. The monoisotopic (exact) mass is 254 g/mol. The number of benzene rings is 1. The van der Waals surface area contributed by atoms with Crippen LogP contribution in [-0.4, -0.2) is 19.1 Å². The molecule has 0 spiro atoms. The number of nitrogens with zero attached hydrogens (tertiary/aromatic N) is 1. The third-order valence-corrected chi connectivity index (χ3v) is 2.81. The minimum Gasteiger partial charge on any atom is -0.336 e. The largest absolute Gasteiger partial charge is 0.336 e. The number of rotatable bonds is 1. The molecular formula is C10H11BrN2O. The zero-order chi connectivity index (χ0) is 10.1. The fourth-order valence-electron chi connectivity index (χ4n) is 1.57. The highest BCUT2D eigenvalue weighted by atomic mass is 79.9. The fourth-order valence-corrected chi connectivity index (χ4v) is 1.92. The standard InChI is InChI=1S/C10H11BrN2O/c1-7-2-3-8(11)6-9(7)13-5-4-12-10(13)14/h2-3,6H,4-5H2,1H3,(H,12,14). The highest BCUT2D eigenvalue weighted by Crippen LogP contribution is 2.25. The number of amides is 2. The van der Waals surface area contributed by atoms with E-state index in [9.17, 15) is 4.79 Å². The van der Waals surface area contributed by atoms with Gasteiger partial charge in [-0.15, -0.1) is 0 Å². The van der Waals surface area contributed by atoms with Gasteiger partial charge in [0.1, 0.15) is 0 Å². The predicted octanol–water partition coefficient (Wildman–Crippen LogP) is 2.29. The van der Waals surface area contributed by atoms with Crippen LogP contribution in [0.25, 0.3) is 0 Å². The lowest BCUT2D eigenvalue weighted by Gasteiger charge is -2.17. The molecule has 0 bridgehead atoms. The summed E-state index contributed by atoms with van der Waals surface area (Å²) in [4.78, 5) is 13.2. The normalized spacial score (nSPS) is 15.9. The summed E-state index contributed by atoms with van der Waals surface area (Å²) in [7, 11) is 0. The maximum absolute atomic E-state index is 11.4. The molecule has 74 valence electrons.